The SMILES string of the molecule is Cc1c(-c2ccccc2C(F)(F)F)sc2c(CC(C)C)nn(C)c(=O)c12. The molecule has 2 heterocycles. The molecule has 0 atom stereocenters. The van der Waals surface area contributed by atoms with Gasteiger partial charge in [0.25, 0.3) is 5.56 Å². The van der Waals surface area contributed by atoms with Crippen molar-refractivity contribution in [3.05, 3.63) is 51.4 Å². The Kier molecular flexibility index (Phi) is 4.69. The van der Waals surface area contributed by atoms with Gasteiger partial charge in [-0.05, 0) is 30.9 Å². The first kappa shape index (κ1) is 18.6. The quantitative estimate of drug-likeness (QED) is 0.627. The minimum atomic E-state index is -4.46. The lowest BCUT2D eigenvalue weighted by Gasteiger charge is -2.12. The lowest BCUT2D eigenvalue weighted by molar-refractivity contribution is -0.137. The molecule has 0 unspecified atom stereocenters. The second kappa shape index (κ2) is 6.54. The second-order valence-corrected chi connectivity index (χ2v) is 7.80. The zero-order valence-electron chi connectivity index (χ0n) is 14.9. The van der Waals surface area contributed by atoms with Crippen molar-refractivity contribution in [3.63, 3.8) is 0 Å². The Labute approximate surface area is 153 Å². The van der Waals surface area contributed by atoms with E-state index in [-0.39, 0.29) is 11.1 Å². The van der Waals surface area contributed by atoms with E-state index < -0.39 is 11.7 Å². The molecule has 0 radical (unpaired) electrons. The summed E-state index contributed by atoms with van der Waals surface area (Å²) in [5.41, 5.74) is 0.466. The van der Waals surface area contributed by atoms with Crippen molar-refractivity contribution in [2.75, 3.05) is 0 Å². The summed E-state index contributed by atoms with van der Waals surface area (Å²) in [5, 5.41) is 4.82. The summed E-state index contributed by atoms with van der Waals surface area (Å²) in [7, 11) is 1.58. The number of rotatable bonds is 3. The van der Waals surface area contributed by atoms with Crippen LogP contribution in [0.4, 0.5) is 13.2 Å². The topological polar surface area (TPSA) is 34.9 Å². The number of alkyl halides is 3. The number of fused-ring (bicyclic) bond motifs is 1. The molecule has 2 aromatic heterocycles. The summed E-state index contributed by atoms with van der Waals surface area (Å²) in [6.07, 6.45) is -3.80. The molecule has 0 aliphatic heterocycles. The van der Waals surface area contributed by atoms with Crippen molar-refractivity contribution < 1.29 is 13.2 Å². The summed E-state index contributed by atoms with van der Waals surface area (Å²) in [6.45, 7) is 5.79. The van der Waals surface area contributed by atoms with Crippen molar-refractivity contribution >= 4 is 21.4 Å². The number of halogens is 3. The Morgan fingerprint density at radius 3 is 2.50 bits per heavy atom. The van der Waals surface area contributed by atoms with E-state index in [1.807, 2.05) is 13.8 Å². The van der Waals surface area contributed by atoms with Crippen molar-refractivity contribution in [1.82, 2.24) is 9.78 Å². The summed E-state index contributed by atoms with van der Waals surface area (Å²) < 4.78 is 42.3. The van der Waals surface area contributed by atoms with Crippen LogP contribution < -0.4 is 5.56 Å². The van der Waals surface area contributed by atoms with Gasteiger partial charge in [-0.25, -0.2) is 4.68 Å². The van der Waals surface area contributed by atoms with Crippen molar-refractivity contribution in [2.24, 2.45) is 13.0 Å². The van der Waals surface area contributed by atoms with Gasteiger partial charge in [-0.3, -0.25) is 4.79 Å². The largest absolute Gasteiger partial charge is 0.417 e. The maximum atomic E-state index is 13.4. The molecule has 0 N–H and O–H groups in total. The number of hydrogen-bond acceptors (Lipinski definition) is 3. The van der Waals surface area contributed by atoms with E-state index in [2.05, 4.69) is 5.10 Å². The molecular weight excluding hydrogens is 361 g/mol. The highest BCUT2D eigenvalue weighted by atomic mass is 32.1. The highest BCUT2D eigenvalue weighted by molar-refractivity contribution is 7.22. The van der Waals surface area contributed by atoms with Gasteiger partial charge in [0, 0.05) is 17.5 Å². The van der Waals surface area contributed by atoms with E-state index in [1.165, 1.54) is 28.2 Å². The predicted molar refractivity (Wildman–Crippen MR) is 98.6 cm³/mol. The van der Waals surface area contributed by atoms with Crippen molar-refractivity contribution in [1.29, 1.82) is 0 Å². The minimum absolute atomic E-state index is 0.108. The van der Waals surface area contributed by atoms with Gasteiger partial charge < -0.3 is 0 Å². The van der Waals surface area contributed by atoms with E-state index in [0.29, 0.717) is 32.9 Å². The molecule has 0 aliphatic rings. The molecule has 0 bridgehead atoms. The average Bonchev–Trinajstić information content (AvgIpc) is 2.89. The third-order valence-corrected chi connectivity index (χ3v) is 5.64. The van der Waals surface area contributed by atoms with Crippen LogP contribution in [0.1, 0.15) is 30.7 Å². The zero-order chi connectivity index (χ0) is 19.2. The molecule has 0 spiro atoms. The van der Waals surface area contributed by atoms with Crippen LogP contribution >= 0.6 is 11.3 Å². The highest BCUT2D eigenvalue weighted by Crippen LogP contribution is 2.43. The first-order valence-electron chi connectivity index (χ1n) is 8.27. The van der Waals surface area contributed by atoms with Crippen LogP contribution in [0.3, 0.4) is 0 Å². The number of nitrogens with zero attached hydrogens (tertiary/aromatic N) is 2. The number of benzene rings is 1. The first-order chi connectivity index (χ1) is 12.1. The number of hydrogen-bond donors (Lipinski definition) is 0. The average molecular weight is 380 g/mol. The van der Waals surface area contributed by atoms with Crippen LogP contribution in [0.2, 0.25) is 0 Å². The second-order valence-electron chi connectivity index (χ2n) is 6.78. The van der Waals surface area contributed by atoms with E-state index >= 15 is 0 Å². The fourth-order valence-electron chi connectivity index (χ4n) is 3.11. The Balaban J connectivity index is 2.36. The Morgan fingerprint density at radius 1 is 1.23 bits per heavy atom. The van der Waals surface area contributed by atoms with Crippen LogP contribution in [0.15, 0.2) is 29.1 Å². The fourth-order valence-corrected chi connectivity index (χ4v) is 4.45. The summed E-state index contributed by atoms with van der Waals surface area (Å²) in [5.74, 6) is 0.316. The Bertz CT molecular complexity index is 1030. The molecule has 3 rings (SSSR count). The molecular formula is C19H19F3N2OS. The summed E-state index contributed by atoms with van der Waals surface area (Å²) in [4.78, 5) is 13.1. The van der Waals surface area contributed by atoms with Gasteiger partial charge in [0.2, 0.25) is 0 Å². The van der Waals surface area contributed by atoms with Crippen LogP contribution in [-0.2, 0) is 19.6 Å². The first-order valence-corrected chi connectivity index (χ1v) is 9.08. The highest BCUT2D eigenvalue weighted by Gasteiger charge is 2.34. The maximum absolute atomic E-state index is 13.4. The minimum Gasteiger partial charge on any atom is -0.267 e. The van der Waals surface area contributed by atoms with Gasteiger partial charge >= 0.3 is 6.18 Å². The smallest absolute Gasteiger partial charge is 0.267 e. The fraction of sp³-hybridized carbons (Fsp3) is 0.368. The molecule has 0 amide bonds. The lowest BCUT2D eigenvalue weighted by atomic mass is 10.0. The zero-order valence-corrected chi connectivity index (χ0v) is 15.8. The molecule has 0 saturated heterocycles. The molecule has 1 aromatic carbocycles. The summed E-state index contributed by atoms with van der Waals surface area (Å²) >= 11 is 1.22. The van der Waals surface area contributed by atoms with E-state index in [0.717, 1.165) is 11.8 Å². The molecule has 0 saturated carbocycles. The molecule has 26 heavy (non-hydrogen) atoms. The van der Waals surface area contributed by atoms with Gasteiger partial charge in [-0.2, -0.15) is 18.3 Å². The standard InChI is InChI=1S/C19H19F3N2OS/c1-10(2)9-14-17-15(18(25)24(4)23-14)11(3)16(26-17)12-7-5-6-8-13(12)19(20,21)22/h5-8,10H,9H2,1-4H3. The van der Waals surface area contributed by atoms with Gasteiger partial charge in [0.05, 0.1) is 21.3 Å². The normalized spacial score (nSPS) is 12.3. The Morgan fingerprint density at radius 2 is 1.88 bits per heavy atom. The third kappa shape index (κ3) is 3.16. The van der Waals surface area contributed by atoms with Crippen LogP contribution in [0, 0.1) is 12.8 Å². The number of aryl methyl sites for hydroxylation is 2. The summed E-state index contributed by atoms with van der Waals surface area (Å²) in [6, 6.07) is 5.49. The molecule has 7 heteroatoms. The van der Waals surface area contributed by atoms with Crippen molar-refractivity contribution in [3.8, 4) is 10.4 Å². The van der Waals surface area contributed by atoms with E-state index in [4.69, 9.17) is 0 Å². The van der Waals surface area contributed by atoms with Crippen molar-refractivity contribution in [2.45, 2.75) is 33.4 Å². The number of thiophene rings is 1. The third-order valence-electron chi connectivity index (χ3n) is 4.27. The number of aromatic nitrogens is 2. The van der Waals surface area contributed by atoms with Crippen LogP contribution in [0.25, 0.3) is 20.5 Å². The van der Waals surface area contributed by atoms with Gasteiger partial charge in [0.1, 0.15) is 0 Å². The van der Waals surface area contributed by atoms with Gasteiger partial charge in [-0.15, -0.1) is 11.3 Å². The predicted octanol–water partition coefficient (Wildman–Crippen LogP) is 5.19. The lowest BCUT2D eigenvalue weighted by Crippen LogP contribution is -2.21. The van der Waals surface area contributed by atoms with E-state index in [9.17, 15) is 18.0 Å². The molecule has 3 aromatic rings. The van der Waals surface area contributed by atoms with Crippen LogP contribution in [0.5, 0.6) is 0 Å². The van der Waals surface area contributed by atoms with Gasteiger partial charge in [0.15, 0.2) is 0 Å². The van der Waals surface area contributed by atoms with E-state index in [1.54, 1.807) is 20.0 Å². The Hall–Kier alpha value is -2.15. The molecule has 0 aliphatic carbocycles. The molecule has 3 nitrogen and oxygen atoms in total. The molecule has 0 fully saturated rings. The maximum Gasteiger partial charge on any atom is 0.417 e. The van der Waals surface area contributed by atoms with Crippen LogP contribution in [-0.4, -0.2) is 9.78 Å². The molecule has 138 valence electrons. The van der Waals surface area contributed by atoms with Gasteiger partial charge in [-0.1, -0.05) is 32.0 Å². The monoisotopic (exact) mass is 380 g/mol.